The monoisotopic (exact) mass is 914 g/mol. The number of carbonyl (C=O) groups is 3. The molecule has 0 fully saturated rings. The molecule has 0 bridgehead atoms. The van der Waals surface area contributed by atoms with E-state index >= 15 is 0 Å². The number of rotatable bonds is 48. The fourth-order valence-electron chi connectivity index (χ4n) is 7.22. The first kappa shape index (κ1) is 62.0. The van der Waals surface area contributed by atoms with Crippen molar-refractivity contribution in [1.29, 1.82) is 0 Å². The van der Waals surface area contributed by atoms with Crippen LogP contribution in [0.3, 0.4) is 0 Å². The first-order valence-electron chi connectivity index (χ1n) is 26.4. The number of carbonyl (C=O) groups excluding carboxylic acids is 3. The fraction of sp³-hybridized carbons (Fsp3) is 0.768. The zero-order valence-electron chi connectivity index (χ0n) is 42.6. The topological polar surface area (TPSA) is 111 Å². The number of quaternary nitrogens is 1. The molecule has 0 radical (unpaired) electrons. The maximum atomic E-state index is 12.8. The van der Waals surface area contributed by atoms with Crippen LogP contribution in [0.2, 0.25) is 0 Å². The minimum absolute atomic E-state index is 0.136. The number of carboxylic acids is 1. The molecular formula is C56H99NO8. The van der Waals surface area contributed by atoms with Crippen molar-refractivity contribution in [2.24, 2.45) is 0 Å². The normalized spacial score (nSPS) is 13.3. The Balaban J connectivity index is 4.33. The maximum absolute atomic E-state index is 12.8. The van der Waals surface area contributed by atoms with E-state index < -0.39 is 24.3 Å². The molecule has 0 rings (SSSR count). The van der Waals surface area contributed by atoms with Crippen LogP contribution in [0, 0.1) is 0 Å². The Kier molecular flexibility index (Phi) is 45.3. The SMILES string of the molecule is CC/C=C\C/C=C\C/C=C\C/C=C\C/C=C\CCCC(=O)OC(COC(=O)CCCCCCCCCCCCCCCCCCCCCCCCC)COC(OCC[N+](C)(C)C)C(=O)[O-]. The third kappa shape index (κ3) is 48.7. The molecule has 376 valence electrons. The van der Waals surface area contributed by atoms with Crippen molar-refractivity contribution in [2.45, 2.75) is 232 Å². The second-order valence-electron chi connectivity index (χ2n) is 18.8. The predicted molar refractivity (Wildman–Crippen MR) is 269 cm³/mol. The Bertz CT molecular complexity index is 1250. The van der Waals surface area contributed by atoms with E-state index in [4.69, 9.17) is 18.9 Å². The molecule has 0 aromatic carbocycles. The highest BCUT2D eigenvalue weighted by molar-refractivity contribution is 5.70. The van der Waals surface area contributed by atoms with E-state index in [9.17, 15) is 19.5 Å². The van der Waals surface area contributed by atoms with Crippen molar-refractivity contribution < 1.29 is 42.9 Å². The van der Waals surface area contributed by atoms with E-state index in [1.807, 2.05) is 27.2 Å². The van der Waals surface area contributed by atoms with Crippen molar-refractivity contribution in [3.8, 4) is 0 Å². The number of likely N-dealkylation sites (N-methyl/N-ethyl adjacent to an activating group) is 1. The molecule has 0 saturated carbocycles. The van der Waals surface area contributed by atoms with E-state index in [1.165, 1.54) is 128 Å². The van der Waals surface area contributed by atoms with E-state index in [2.05, 4.69) is 68.5 Å². The Morgan fingerprint density at radius 2 is 0.877 bits per heavy atom. The zero-order chi connectivity index (χ0) is 47.7. The number of aliphatic carboxylic acids is 1. The standard InChI is InChI=1S/C56H99NO8/c1-6-8-10-12-14-16-18-20-22-24-25-26-27-28-29-31-32-34-36-38-40-42-44-46-53(58)63-50-52(51-64-56(55(60)61)62-49-48-57(3,4)5)65-54(59)47-45-43-41-39-37-35-33-30-23-21-19-17-15-13-11-9-7-2/h9,11,15,17,21,23,33,35,39,41,52,56H,6-8,10,12-14,16,18-20,22,24-32,34,36-38,40,42-51H2,1-5H3/b11-9-,17-15-,23-21-,35-33-,41-39-. The molecule has 0 spiro atoms. The Morgan fingerprint density at radius 3 is 1.29 bits per heavy atom. The summed E-state index contributed by atoms with van der Waals surface area (Å²) < 4.78 is 22.6. The lowest BCUT2D eigenvalue weighted by atomic mass is 10.0. The van der Waals surface area contributed by atoms with Gasteiger partial charge in [-0.2, -0.15) is 0 Å². The van der Waals surface area contributed by atoms with Gasteiger partial charge in [0.15, 0.2) is 12.4 Å². The number of ether oxygens (including phenoxy) is 4. The average Bonchev–Trinajstić information content (AvgIpc) is 3.27. The molecule has 0 heterocycles. The highest BCUT2D eigenvalue weighted by atomic mass is 16.7. The molecule has 2 atom stereocenters. The van der Waals surface area contributed by atoms with Gasteiger partial charge in [0.2, 0.25) is 0 Å². The third-order valence-electron chi connectivity index (χ3n) is 11.3. The van der Waals surface area contributed by atoms with Crippen LogP contribution in [-0.4, -0.2) is 82.3 Å². The zero-order valence-corrected chi connectivity index (χ0v) is 42.6. The summed E-state index contributed by atoms with van der Waals surface area (Å²) in [6.45, 7) is 4.58. The lowest BCUT2D eigenvalue weighted by molar-refractivity contribution is -0.870. The summed E-state index contributed by atoms with van der Waals surface area (Å²) >= 11 is 0. The highest BCUT2D eigenvalue weighted by Crippen LogP contribution is 2.16. The number of unbranched alkanes of at least 4 members (excludes halogenated alkanes) is 23. The number of esters is 2. The Morgan fingerprint density at radius 1 is 0.477 bits per heavy atom. The molecule has 0 aliphatic rings. The molecular weight excluding hydrogens is 815 g/mol. The van der Waals surface area contributed by atoms with Gasteiger partial charge >= 0.3 is 11.9 Å². The van der Waals surface area contributed by atoms with E-state index in [0.29, 0.717) is 23.9 Å². The van der Waals surface area contributed by atoms with Crippen molar-refractivity contribution in [1.82, 2.24) is 0 Å². The van der Waals surface area contributed by atoms with Crippen molar-refractivity contribution in [3.05, 3.63) is 60.8 Å². The molecule has 0 aliphatic heterocycles. The second-order valence-corrected chi connectivity index (χ2v) is 18.8. The number of carboxylic acid groups (broad SMARTS) is 1. The maximum Gasteiger partial charge on any atom is 0.306 e. The van der Waals surface area contributed by atoms with Gasteiger partial charge in [-0.15, -0.1) is 0 Å². The van der Waals surface area contributed by atoms with Gasteiger partial charge < -0.3 is 33.3 Å². The lowest BCUT2D eigenvalue weighted by Gasteiger charge is -2.26. The van der Waals surface area contributed by atoms with Gasteiger partial charge in [0.1, 0.15) is 13.2 Å². The van der Waals surface area contributed by atoms with Gasteiger partial charge in [0.25, 0.3) is 0 Å². The quantitative estimate of drug-likeness (QED) is 0.0195. The Hall–Kier alpha value is -3.01. The van der Waals surface area contributed by atoms with Gasteiger partial charge in [0.05, 0.1) is 40.3 Å². The molecule has 0 amide bonds. The lowest BCUT2D eigenvalue weighted by Crippen LogP contribution is -2.44. The van der Waals surface area contributed by atoms with Crippen LogP contribution < -0.4 is 5.11 Å². The van der Waals surface area contributed by atoms with Crippen molar-refractivity contribution in [2.75, 3.05) is 47.5 Å². The molecule has 9 nitrogen and oxygen atoms in total. The van der Waals surface area contributed by atoms with Gasteiger partial charge in [-0.1, -0.05) is 216 Å². The molecule has 0 saturated heterocycles. The molecule has 0 N–H and O–H groups in total. The molecule has 0 aliphatic carbocycles. The van der Waals surface area contributed by atoms with Gasteiger partial charge in [-0.05, 0) is 51.4 Å². The first-order valence-corrected chi connectivity index (χ1v) is 26.4. The largest absolute Gasteiger partial charge is 0.545 e. The predicted octanol–water partition coefficient (Wildman–Crippen LogP) is 13.6. The van der Waals surface area contributed by atoms with Crippen LogP contribution in [0.25, 0.3) is 0 Å². The van der Waals surface area contributed by atoms with Gasteiger partial charge in [-0.3, -0.25) is 9.59 Å². The van der Waals surface area contributed by atoms with E-state index in [0.717, 1.165) is 51.4 Å². The van der Waals surface area contributed by atoms with Gasteiger partial charge in [0, 0.05) is 12.8 Å². The molecule has 0 aromatic heterocycles. The van der Waals surface area contributed by atoms with Crippen LogP contribution in [0.1, 0.15) is 219 Å². The minimum Gasteiger partial charge on any atom is -0.545 e. The number of nitrogens with zero attached hydrogens (tertiary/aromatic N) is 1. The molecule has 9 heteroatoms. The number of hydrogen-bond donors (Lipinski definition) is 0. The Labute approximate surface area is 399 Å². The van der Waals surface area contributed by atoms with Crippen LogP contribution in [0.4, 0.5) is 0 Å². The summed E-state index contributed by atoms with van der Waals surface area (Å²) in [5, 5.41) is 11.7. The summed E-state index contributed by atoms with van der Waals surface area (Å²) in [6, 6.07) is 0. The average molecular weight is 914 g/mol. The number of allylic oxidation sites excluding steroid dienone is 10. The van der Waals surface area contributed by atoms with Gasteiger partial charge in [-0.25, -0.2) is 0 Å². The van der Waals surface area contributed by atoms with Crippen molar-refractivity contribution >= 4 is 17.9 Å². The van der Waals surface area contributed by atoms with E-state index in [1.54, 1.807) is 0 Å². The summed E-state index contributed by atoms with van der Waals surface area (Å²) in [4.78, 5) is 37.1. The summed E-state index contributed by atoms with van der Waals surface area (Å²) in [5.74, 6) is -2.36. The van der Waals surface area contributed by atoms with Crippen LogP contribution >= 0.6 is 0 Å². The summed E-state index contributed by atoms with van der Waals surface area (Å²) in [6.07, 6.45) is 55.6. The van der Waals surface area contributed by atoms with Crippen LogP contribution in [0.15, 0.2) is 60.8 Å². The fourth-order valence-corrected chi connectivity index (χ4v) is 7.22. The minimum atomic E-state index is -1.64. The van der Waals surface area contributed by atoms with Crippen LogP contribution in [-0.2, 0) is 33.3 Å². The highest BCUT2D eigenvalue weighted by Gasteiger charge is 2.21. The molecule has 2 unspecified atom stereocenters. The molecule has 0 aromatic rings. The first-order chi connectivity index (χ1) is 31.6. The van der Waals surface area contributed by atoms with Crippen LogP contribution in [0.5, 0.6) is 0 Å². The smallest absolute Gasteiger partial charge is 0.306 e. The second kappa shape index (κ2) is 47.5. The molecule has 65 heavy (non-hydrogen) atoms. The van der Waals surface area contributed by atoms with Crippen molar-refractivity contribution in [3.63, 3.8) is 0 Å². The third-order valence-corrected chi connectivity index (χ3v) is 11.3. The summed E-state index contributed by atoms with van der Waals surface area (Å²) in [5.41, 5.74) is 0. The summed E-state index contributed by atoms with van der Waals surface area (Å²) in [7, 11) is 5.90. The number of hydrogen-bond acceptors (Lipinski definition) is 8. The van der Waals surface area contributed by atoms with E-state index in [-0.39, 0.29) is 38.6 Å².